The van der Waals surface area contributed by atoms with E-state index in [0.717, 1.165) is 29.0 Å². The quantitative estimate of drug-likeness (QED) is 0.754. The number of likely N-dealkylation sites (N-methyl/N-ethyl adjacent to an activating group) is 1. The number of hydrogen-bond acceptors (Lipinski definition) is 4. The predicted molar refractivity (Wildman–Crippen MR) is 100 cm³/mol. The largest absolute Gasteiger partial charge is 0.497 e. The van der Waals surface area contributed by atoms with E-state index in [-0.39, 0.29) is 17.2 Å². The van der Waals surface area contributed by atoms with Crippen molar-refractivity contribution in [1.29, 1.82) is 0 Å². The van der Waals surface area contributed by atoms with E-state index in [9.17, 15) is 13.2 Å². The van der Waals surface area contributed by atoms with Crippen LogP contribution in [0.3, 0.4) is 0 Å². The summed E-state index contributed by atoms with van der Waals surface area (Å²) in [5, 5.41) is 0. The van der Waals surface area contributed by atoms with E-state index in [0.29, 0.717) is 13.0 Å². The second kappa shape index (κ2) is 7.47. The Morgan fingerprint density at radius 3 is 2.58 bits per heavy atom. The SMILES string of the molecule is COc1ccc(CCCNS(=O)(=O)c2ccc3c(c2)CC(=O)N3C)cc1. The molecular weight excluding hydrogens is 352 g/mol. The van der Waals surface area contributed by atoms with Gasteiger partial charge in [0.2, 0.25) is 15.9 Å². The molecule has 0 atom stereocenters. The molecule has 0 fully saturated rings. The van der Waals surface area contributed by atoms with Crippen LogP contribution in [0.5, 0.6) is 5.75 Å². The number of nitrogens with zero attached hydrogens (tertiary/aromatic N) is 1. The number of carbonyl (C=O) groups is 1. The van der Waals surface area contributed by atoms with E-state index in [1.54, 1.807) is 37.3 Å². The molecule has 2 aromatic rings. The van der Waals surface area contributed by atoms with Crippen LogP contribution in [0.2, 0.25) is 0 Å². The van der Waals surface area contributed by atoms with Gasteiger partial charge in [0.05, 0.1) is 18.4 Å². The first kappa shape index (κ1) is 18.4. The number of aryl methyl sites for hydroxylation is 1. The van der Waals surface area contributed by atoms with Gasteiger partial charge in [0.1, 0.15) is 5.75 Å². The number of benzene rings is 2. The number of methoxy groups -OCH3 is 1. The third-order valence-electron chi connectivity index (χ3n) is 4.53. The first-order valence-corrected chi connectivity index (χ1v) is 9.91. The van der Waals surface area contributed by atoms with Crippen molar-refractivity contribution in [2.24, 2.45) is 0 Å². The van der Waals surface area contributed by atoms with Gasteiger partial charge in [0.25, 0.3) is 0 Å². The molecule has 138 valence electrons. The van der Waals surface area contributed by atoms with Gasteiger partial charge in [-0.05, 0) is 54.3 Å². The van der Waals surface area contributed by atoms with Gasteiger partial charge in [-0.3, -0.25) is 4.79 Å². The highest BCUT2D eigenvalue weighted by molar-refractivity contribution is 7.89. The average molecular weight is 374 g/mol. The number of anilines is 1. The Labute approximate surface area is 153 Å². The molecule has 1 amide bonds. The Bertz CT molecular complexity index is 908. The average Bonchev–Trinajstić information content (AvgIpc) is 2.93. The van der Waals surface area contributed by atoms with Crippen molar-refractivity contribution >= 4 is 21.6 Å². The lowest BCUT2D eigenvalue weighted by molar-refractivity contribution is -0.117. The molecule has 0 saturated carbocycles. The van der Waals surface area contributed by atoms with Crippen molar-refractivity contribution in [2.75, 3.05) is 25.6 Å². The van der Waals surface area contributed by atoms with E-state index in [4.69, 9.17) is 4.74 Å². The fourth-order valence-corrected chi connectivity index (χ4v) is 4.11. The molecule has 1 aliphatic rings. The molecule has 26 heavy (non-hydrogen) atoms. The summed E-state index contributed by atoms with van der Waals surface area (Å²) < 4.78 is 32.7. The highest BCUT2D eigenvalue weighted by Gasteiger charge is 2.26. The summed E-state index contributed by atoms with van der Waals surface area (Å²) in [6, 6.07) is 12.5. The van der Waals surface area contributed by atoms with Crippen LogP contribution in [-0.2, 0) is 27.7 Å². The summed E-state index contributed by atoms with van der Waals surface area (Å²) in [5.74, 6) is 0.775. The third-order valence-corrected chi connectivity index (χ3v) is 5.99. The third kappa shape index (κ3) is 3.89. The zero-order valence-electron chi connectivity index (χ0n) is 14.9. The van der Waals surface area contributed by atoms with Crippen LogP contribution in [0.4, 0.5) is 5.69 Å². The molecule has 2 aromatic carbocycles. The molecule has 0 aromatic heterocycles. The maximum Gasteiger partial charge on any atom is 0.240 e. The summed E-state index contributed by atoms with van der Waals surface area (Å²) in [4.78, 5) is 13.5. The van der Waals surface area contributed by atoms with Gasteiger partial charge in [-0.1, -0.05) is 12.1 Å². The van der Waals surface area contributed by atoms with Gasteiger partial charge in [-0.25, -0.2) is 13.1 Å². The highest BCUT2D eigenvalue weighted by atomic mass is 32.2. The molecule has 0 bridgehead atoms. The smallest absolute Gasteiger partial charge is 0.240 e. The molecular formula is C19H22N2O4S. The summed E-state index contributed by atoms with van der Waals surface area (Å²) in [6.07, 6.45) is 1.71. The van der Waals surface area contributed by atoms with Gasteiger partial charge in [0, 0.05) is 19.3 Å². The van der Waals surface area contributed by atoms with Crippen LogP contribution in [0.1, 0.15) is 17.5 Å². The minimum Gasteiger partial charge on any atom is -0.497 e. The summed E-state index contributed by atoms with van der Waals surface area (Å²) in [7, 11) is -0.266. The Morgan fingerprint density at radius 2 is 1.88 bits per heavy atom. The van der Waals surface area contributed by atoms with E-state index < -0.39 is 10.0 Å². The molecule has 0 aliphatic carbocycles. The number of hydrogen-bond donors (Lipinski definition) is 1. The molecule has 3 rings (SSSR count). The minimum atomic E-state index is -3.58. The summed E-state index contributed by atoms with van der Waals surface area (Å²) in [6.45, 7) is 0.351. The Balaban J connectivity index is 1.57. The van der Waals surface area contributed by atoms with E-state index >= 15 is 0 Å². The monoisotopic (exact) mass is 374 g/mol. The van der Waals surface area contributed by atoms with Gasteiger partial charge >= 0.3 is 0 Å². The zero-order valence-corrected chi connectivity index (χ0v) is 15.7. The lowest BCUT2D eigenvalue weighted by Crippen LogP contribution is -2.25. The van der Waals surface area contributed by atoms with Crippen LogP contribution < -0.4 is 14.4 Å². The lowest BCUT2D eigenvalue weighted by atomic mass is 10.1. The van der Waals surface area contributed by atoms with Crippen LogP contribution in [0.15, 0.2) is 47.4 Å². The maximum absolute atomic E-state index is 12.5. The number of carbonyl (C=O) groups excluding carboxylic acids is 1. The van der Waals surface area contributed by atoms with Crippen molar-refractivity contribution in [1.82, 2.24) is 4.72 Å². The Hall–Kier alpha value is -2.38. The van der Waals surface area contributed by atoms with Crippen LogP contribution in [0, 0.1) is 0 Å². The summed E-state index contributed by atoms with van der Waals surface area (Å²) >= 11 is 0. The lowest BCUT2D eigenvalue weighted by Gasteiger charge is -2.11. The van der Waals surface area contributed by atoms with Crippen molar-refractivity contribution in [3.05, 3.63) is 53.6 Å². The topological polar surface area (TPSA) is 75.7 Å². The summed E-state index contributed by atoms with van der Waals surface area (Å²) in [5.41, 5.74) is 2.65. The molecule has 0 radical (unpaired) electrons. The van der Waals surface area contributed by atoms with Crippen LogP contribution in [0.25, 0.3) is 0 Å². The molecule has 0 spiro atoms. The predicted octanol–water partition coefficient (Wildman–Crippen LogP) is 2.13. The van der Waals surface area contributed by atoms with Gasteiger partial charge < -0.3 is 9.64 Å². The number of amides is 1. The highest BCUT2D eigenvalue weighted by Crippen LogP contribution is 2.29. The van der Waals surface area contributed by atoms with Gasteiger partial charge in [-0.2, -0.15) is 0 Å². The van der Waals surface area contributed by atoms with E-state index in [1.165, 1.54) is 0 Å². The molecule has 0 saturated heterocycles. The number of fused-ring (bicyclic) bond motifs is 1. The molecule has 1 aliphatic heterocycles. The fraction of sp³-hybridized carbons (Fsp3) is 0.316. The standard InChI is InChI=1S/C19H22N2O4S/c1-21-18-10-9-17(12-15(18)13-19(21)22)26(23,24)20-11-3-4-14-5-7-16(25-2)8-6-14/h5-10,12,20H,3-4,11,13H2,1-2H3. The second-order valence-electron chi connectivity index (χ2n) is 6.27. The molecule has 0 unspecified atom stereocenters. The number of rotatable bonds is 7. The number of ether oxygens (including phenoxy) is 1. The first-order chi connectivity index (χ1) is 12.4. The molecule has 1 heterocycles. The van der Waals surface area contributed by atoms with Gasteiger partial charge in [-0.15, -0.1) is 0 Å². The molecule has 7 heteroatoms. The van der Waals surface area contributed by atoms with Crippen molar-refractivity contribution in [2.45, 2.75) is 24.2 Å². The Kier molecular flexibility index (Phi) is 5.29. The maximum atomic E-state index is 12.5. The van der Waals surface area contributed by atoms with Gasteiger partial charge in [0.15, 0.2) is 0 Å². The van der Waals surface area contributed by atoms with Crippen molar-refractivity contribution < 1.29 is 17.9 Å². The molecule has 1 N–H and O–H groups in total. The minimum absolute atomic E-state index is 0.0259. The van der Waals surface area contributed by atoms with Crippen molar-refractivity contribution in [3.8, 4) is 5.75 Å². The first-order valence-electron chi connectivity index (χ1n) is 8.43. The molecule has 6 nitrogen and oxygen atoms in total. The van der Waals surface area contributed by atoms with Crippen molar-refractivity contribution in [3.63, 3.8) is 0 Å². The zero-order chi connectivity index (χ0) is 18.7. The van der Waals surface area contributed by atoms with Crippen LogP contribution in [-0.4, -0.2) is 35.0 Å². The van der Waals surface area contributed by atoms with E-state index in [2.05, 4.69) is 4.72 Å². The second-order valence-corrected chi connectivity index (χ2v) is 8.04. The number of nitrogens with one attached hydrogen (secondary N) is 1. The van der Waals surface area contributed by atoms with E-state index in [1.807, 2.05) is 24.3 Å². The number of sulfonamides is 1. The fourth-order valence-electron chi connectivity index (χ4n) is 2.99. The van der Waals surface area contributed by atoms with Crippen LogP contribution >= 0.6 is 0 Å². The Morgan fingerprint density at radius 1 is 1.15 bits per heavy atom. The normalized spacial score (nSPS) is 13.8.